The van der Waals surface area contributed by atoms with Crippen molar-refractivity contribution in [2.24, 2.45) is 5.92 Å². The highest BCUT2D eigenvalue weighted by molar-refractivity contribution is 7.98. The van der Waals surface area contributed by atoms with Crippen LogP contribution in [0.3, 0.4) is 0 Å². The van der Waals surface area contributed by atoms with Gasteiger partial charge in [-0.15, -0.1) is 0 Å². The number of thioether (sulfide) groups is 1. The number of anilines is 2. The van der Waals surface area contributed by atoms with E-state index in [0.717, 1.165) is 34.3 Å². The Morgan fingerprint density at radius 1 is 1.31 bits per heavy atom. The lowest BCUT2D eigenvalue weighted by Crippen LogP contribution is -2.31. The average Bonchev–Trinajstić information content (AvgIpc) is 3.37. The van der Waals surface area contributed by atoms with Gasteiger partial charge in [0, 0.05) is 41.8 Å². The molecule has 0 bridgehead atoms. The van der Waals surface area contributed by atoms with E-state index < -0.39 is 5.92 Å². The van der Waals surface area contributed by atoms with Crippen LogP contribution in [-0.4, -0.2) is 35.2 Å². The third kappa shape index (κ3) is 3.73. The van der Waals surface area contributed by atoms with E-state index in [4.69, 9.17) is 9.84 Å². The number of ether oxygens (including phenoxy) is 1. The Kier molecular flexibility index (Phi) is 5.06. The van der Waals surface area contributed by atoms with Crippen LogP contribution in [0.25, 0.3) is 0 Å². The van der Waals surface area contributed by atoms with Crippen LogP contribution in [0.4, 0.5) is 11.5 Å². The van der Waals surface area contributed by atoms with Crippen LogP contribution >= 0.6 is 11.8 Å². The Bertz CT molecular complexity index is 963. The highest BCUT2D eigenvalue weighted by atomic mass is 32.2. The van der Waals surface area contributed by atoms with E-state index in [1.807, 2.05) is 28.9 Å². The summed E-state index contributed by atoms with van der Waals surface area (Å²) in [6.45, 7) is 6.57. The lowest BCUT2D eigenvalue weighted by atomic mass is 10.1. The Morgan fingerprint density at radius 3 is 2.83 bits per heavy atom. The number of benzene rings is 1. The molecular weight excluding hydrogens is 388 g/mol. The minimum absolute atomic E-state index is 0.0523. The fourth-order valence-electron chi connectivity index (χ4n) is 3.76. The molecule has 0 aliphatic carbocycles. The van der Waals surface area contributed by atoms with Crippen LogP contribution in [0.1, 0.15) is 38.4 Å². The van der Waals surface area contributed by atoms with E-state index in [0.29, 0.717) is 12.3 Å². The number of nitrogens with one attached hydrogen (secondary N) is 1. The Labute approximate surface area is 174 Å². The van der Waals surface area contributed by atoms with Gasteiger partial charge in [-0.3, -0.25) is 9.59 Å². The largest absolute Gasteiger partial charge is 0.497 e. The molecule has 1 atom stereocenters. The van der Waals surface area contributed by atoms with Crippen LogP contribution < -0.4 is 15.0 Å². The van der Waals surface area contributed by atoms with Crippen molar-refractivity contribution in [2.75, 3.05) is 23.9 Å². The van der Waals surface area contributed by atoms with Crippen LogP contribution in [0, 0.1) is 5.92 Å². The molecule has 7 nitrogen and oxygen atoms in total. The first-order chi connectivity index (χ1) is 13.8. The van der Waals surface area contributed by atoms with E-state index in [-0.39, 0.29) is 23.8 Å². The smallest absolute Gasteiger partial charge is 0.230 e. The monoisotopic (exact) mass is 414 g/mol. The van der Waals surface area contributed by atoms with Gasteiger partial charge in [0.15, 0.2) is 0 Å². The fourth-order valence-corrected chi connectivity index (χ4v) is 4.79. The zero-order chi connectivity index (χ0) is 20.8. The molecule has 3 heterocycles. The first kappa shape index (κ1) is 19.8. The number of fused-ring (bicyclic) bond motifs is 1. The third-order valence-corrected chi connectivity index (χ3v) is 6.26. The predicted octanol–water partition coefficient (Wildman–Crippen LogP) is 3.39. The van der Waals surface area contributed by atoms with Gasteiger partial charge in [-0.25, -0.2) is 4.68 Å². The summed E-state index contributed by atoms with van der Waals surface area (Å²) in [6.07, 6.45) is 0.198. The maximum Gasteiger partial charge on any atom is 0.230 e. The maximum absolute atomic E-state index is 13.1. The predicted molar refractivity (Wildman–Crippen MR) is 114 cm³/mol. The summed E-state index contributed by atoms with van der Waals surface area (Å²) >= 11 is 1.80. The molecule has 4 rings (SSSR count). The first-order valence-electron chi connectivity index (χ1n) is 9.72. The molecule has 0 spiro atoms. The second-order valence-electron chi connectivity index (χ2n) is 8.45. The highest BCUT2D eigenvalue weighted by Crippen LogP contribution is 2.37. The van der Waals surface area contributed by atoms with Crippen molar-refractivity contribution in [3.8, 4) is 5.75 Å². The number of aromatic nitrogens is 2. The summed E-state index contributed by atoms with van der Waals surface area (Å²) in [4.78, 5) is 27.3. The van der Waals surface area contributed by atoms with Crippen LogP contribution in [0.15, 0.2) is 24.3 Å². The van der Waals surface area contributed by atoms with E-state index in [9.17, 15) is 9.59 Å². The summed E-state index contributed by atoms with van der Waals surface area (Å²) in [5.41, 5.74) is 2.66. The van der Waals surface area contributed by atoms with Gasteiger partial charge < -0.3 is 15.0 Å². The lowest BCUT2D eigenvalue weighted by molar-refractivity contribution is -0.122. The van der Waals surface area contributed by atoms with Crippen LogP contribution in [-0.2, 0) is 26.6 Å². The minimum atomic E-state index is -0.401. The van der Waals surface area contributed by atoms with Crippen molar-refractivity contribution >= 4 is 35.1 Å². The first-order valence-corrected chi connectivity index (χ1v) is 10.9. The van der Waals surface area contributed by atoms with E-state index in [1.54, 1.807) is 23.8 Å². The number of carbonyl (C=O) groups excluding carboxylic acids is 2. The van der Waals surface area contributed by atoms with Gasteiger partial charge >= 0.3 is 0 Å². The third-order valence-electron chi connectivity index (χ3n) is 5.29. The molecule has 1 aromatic heterocycles. The Morgan fingerprint density at radius 2 is 2.10 bits per heavy atom. The summed E-state index contributed by atoms with van der Waals surface area (Å²) in [6, 6.07) is 7.36. The molecule has 0 unspecified atom stereocenters. The van der Waals surface area contributed by atoms with E-state index in [2.05, 4.69) is 26.1 Å². The maximum atomic E-state index is 13.1. The number of hydrogen-bond acceptors (Lipinski definition) is 5. The second kappa shape index (κ2) is 7.40. The summed E-state index contributed by atoms with van der Waals surface area (Å²) < 4.78 is 7.16. The Balaban J connectivity index is 1.54. The molecule has 2 aromatic rings. The van der Waals surface area contributed by atoms with Crippen molar-refractivity contribution in [3.05, 3.63) is 35.5 Å². The number of rotatable bonds is 4. The lowest BCUT2D eigenvalue weighted by Gasteiger charge is -2.24. The molecule has 1 saturated heterocycles. The second-order valence-corrected chi connectivity index (χ2v) is 9.43. The standard InChI is InChI=1S/C21H26N4O3S/c1-21(2,3)25-19(16-11-29-12-17(16)23-25)22-20(27)13-8-18(26)24(10-13)14-6-5-7-15(9-14)28-4/h5-7,9,13H,8,10-12H2,1-4H3,(H,22,27)/t13-/m0/s1. The van der Waals surface area contributed by atoms with Crippen molar-refractivity contribution in [2.45, 2.75) is 44.2 Å². The number of amides is 2. The minimum Gasteiger partial charge on any atom is -0.497 e. The molecule has 1 fully saturated rings. The topological polar surface area (TPSA) is 76.5 Å². The Hall–Kier alpha value is -2.48. The summed E-state index contributed by atoms with van der Waals surface area (Å²) in [5, 5.41) is 7.83. The van der Waals surface area contributed by atoms with Gasteiger partial charge in [-0.05, 0) is 32.9 Å². The number of hydrogen-bond donors (Lipinski definition) is 1. The number of nitrogens with zero attached hydrogens (tertiary/aromatic N) is 3. The molecule has 2 aliphatic heterocycles. The SMILES string of the molecule is COc1cccc(N2C[C@@H](C(=O)Nc3c4c(nn3C(C)(C)C)CSC4)CC2=O)c1. The van der Waals surface area contributed by atoms with E-state index >= 15 is 0 Å². The zero-order valence-corrected chi connectivity index (χ0v) is 18.0. The zero-order valence-electron chi connectivity index (χ0n) is 17.2. The average molecular weight is 415 g/mol. The van der Waals surface area contributed by atoms with Gasteiger partial charge in [0.25, 0.3) is 0 Å². The number of methoxy groups -OCH3 is 1. The highest BCUT2D eigenvalue weighted by Gasteiger charge is 2.37. The molecular formula is C21H26N4O3S. The van der Waals surface area contributed by atoms with Gasteiger partial charge in [0.1, 0.15) is 11.6 Å². The molecule has 29 heavy (non-hydrogen) atoms. The quantitative estimate of drug-likeness (QED) is 0.830. The van der Waals surface area contributed by atoms with Crippen molar-refractivity contribution in [1.82, 2.24) is 9.78 Å². The van der Waals surface area contributed by atoms with Crippen molar-refractivity contribution in [1.29, 1.82) is 0 Å². The summed E-state index contributed by atoms with van der Waals surface area (Å²) in [5.74, 6) is 2.59. The van der Waals surface area contributed by atoms with Gasteiger partial charge in [0.05, 0.1) is 24.3 Å². The molecule has 2 amide bonds. The molecule has 154 valence electrons. The molecule has 0 saturated carbocycles. The summed E-state index contributed by atoms with van der Waals surface area (Å²) in [7, 11) is 1.59. The molecule has 0 radical (unpaired) electrons. The van der Waals surface area contributed by atoms with Crippen LogP contribution in [0.5, 0.6) is 5.75 Å². The van der Waals surface area contributed by atoms with Gasteiger partial charge in [-0.1, -0.05) is 6.07 Å². The molecule has 8 heteroatoms. The molecule has 1 aromatic carbocycles. The normalized spacial score (nSPS) is 18.8. The fraction of sp³-hybridized carbons (Fsp3) is 0.476. The van der Waals surface area contributed by atoms with Crippen molar-refractivity contribution in [3.63, 3.8) is 0 Å². The van der Waals surface area contributed by atoms with Gasteiger partial charge in [0.2, 0.25) is 11.8 Å². The number of carbonyl (C=O) groups is 2. The van der Waals surface area contributed by atoms with E-state index in [1.165, 1.54) is 0 Å². The molecule has 1 N–H and O–H groups in total. The molecule has 2 aliphatic rings. The van der Waals surface area contributed by atoms with Crippen LogP contribution in [0.2, 0.25) is 0 Å². The van der Waals surface area contributed by atoms with Gasteiger partial charge in [-0.2, -0.15) is 16.9 Å². The van der Waals surface area contributed by atoms with Crippen molar-refractivity contribution < 1.29 is 14.3 Å².